The van der Waals surface area contributed by atoms with Crippen molar-refractivity contribution in [2.24, 2.45) is 0 Å². The van der Waals surface area contributed by atoms with Gasteiger partial charge >= 0.3 is 5.63 Å². The lowest BCUT2D eigenvalue weighted by atomic mass is 10.1. The van der Waals surface area contributed by atoms with Crippen LogP contribution in [-0.4, -0.2) is 29.3 Å². The molecule has 0 unspecified atom stereocenters. The molecular weight excluding hydrogens is 340 g/mol. The second-order valence-electron chi connectivity index (χ2n) is 6.04. The Bertz CT molecular complexity index is 936. The minimum absolute atomic E-state index is 0.138. The summed E-state index contributed by atoms with van der Waals surface area (Å²) in [6, 6.07) is 5.50. The number of thiazole rings is 1. The van der Waals surface area contributed by atoms with Crippen LogP contribution in [0.5, 0.6) is 5.75 Å². The van der Waals surface area contributed by atoms with Crippen LogP contribution in [0.2, 0.25) is 0 Å². The number of nitrogens with one attached hydrogen (secondary N) is 1. The van der Waals surface area contributed by atoms with Gasteiger partial charge in [-0.3, -0.25) is 0 Å². The molecule has 0 amide bonds. The second-order valence-corrected chi connectivity index (χ2v) is 6.94. The quantitative estimate of drug-likeness (QED) is 0.659. The smallest absolute Gasteiger partial charge is 0.339 e. The normalized spacial score (nSPS) is 14.4. The highest BCUT2D eigenvalue weighted by molar-refractivity contribution is 7.13. The molecule has 1 aliphatic carbocycles. The van der Waals surface area contributed by atoms with Gasteiger partial charge in [0.25, 0.3) is 0 Å². The van der Waals surface area contributed by atoms with Crippen LogP contribution in [0, 0.1) is 0 Å². The van der Waals surface area contributed by atoms with Crippen LogP contribution in [0.15, 0.2) is 39.0 Å². The van der Waals surface area contributed by atoms with Gasteiger partial charge in [-0.05, 0) is 37.0 Å². The Hall–Kier alpha value is -2.38. The zero-order valence-corrected chi connectivity index (χ0v) is 14.3. The van der Waals surface area contributed by atoms with Crippen LogP contribution in [-0.2, 0) is 12.8 Å². The summed E-state index contributed by atoms with van der Waals surface area (Å²) in [5.41, 5.74) is 2.21. The predicted octanol–water partition coefficient (Wildman–Crippen LogP) is 2.59. The highest BCUT2D eigenvalue weighted by Gasteiger charge is 2.19. The third-order valence-electron chi connectivity index (χ3n) is 4.31. The van der Waals surface area contributed by atoms with Crippen LogP contribution >= 0.6 is 11.3 Å². The van der Waals surface area contributed by atoms with Gasteiger partial charge in [-0.25, -0.2) is 9.78 Å². The van der Waals surface area contributed by atoms with Crippen LogP contribution in [0.1, 0.15) is 17.5 Å². The SMILES string of the molecule is O=c1oc2cc(OC[C@@H](O)CNc3nccs3)ccc2c2c1CCC2. The standard InChI is InChI=1S/C18H18N2O4S/c21-11(9-20-18-19-6-7-25-18)10-23-12-4-5-14-13-2-1-3-15(13)17(22)24-16(14)8-12/h4-8,11,21H,1-3,9-10H2,(H,19,20)/t11-/m0/s1. The minimum Gasteiger partial charge on any atom is -0.491 e. The summed E-state index contributed by atoms with van der Waals surface area (Å²) in [6.07, 6.45) is 3.74. The number of aromatic nitrogens is 1. The Morgan fingerprint density at radius 2 is 2.24 bits per heavy atom. The fourth-order valence-corrected chi connectivity index (χ4v) is 3.66. The predicted molar refractivity (Wildman–Crippen MR) is 96.6 cm³/mol. The molecule has 130 valence electrons. The van der Waals surface area contributed by atoms with Crippen molar-refractivity contribution < 1.29 is 14.3 Å². The van der Waals surface area contributed by atoms with Crippen LogP contribution in [0.4, 0.5) is 5.13 Å². The molecule has 6 nitrogen and oxygen atoms in total. The zero-order valence-electron chi connectivity index (χ0n) is 13.5. The van der Waals surface area contributed by atoms with Crippen LogP contribution in [0.3, 0.4) is 0 Å². The Labute approximate surface area is 148 Å². The van der Waals surface area contributed by atoms with Crippen molar-refractivity contribution in [2.75, 3.05) is 18.5 Å². The molecular formula is C18H18N2O4S. The summed E-state index contributed by atoms with van der Waals surface area (Å²) >= 11 is 1.48. The molecule has 0 saturated carbocycles. The van der Waals surface area contributed by atoms with Gasteiger partial charge in [0.1, 0.15) is 24.0 Å². The number of aryl methyl sites for hydroxylation is 1. The van der Waals surface area contributed by atoms with Crippen molar-refractivity contribution in [2.45, 2.75) is 25.4 Å². The number of rotatable bonds is 6. The van der Waals surface area contributed by atoms with Crippen molar-refractivity contribution in [1.29, 1.82) is 0 Å². The Morgan fingerprint density at radius 1 is 1.36 bits per heavy atom. The Balaban J connectivity index is 1.43. The van der Waals surface area contributed by atoms with Crippen molar-refractivity contribution in [1.82, 2.24) is 4.98 Å². The minimum atomic E-state index is -0.674. The van der Waals surface area contributed by atoms with Crippen molar-refractivity contribution in [3.05, 3.63) is 51.3 Å². The largest absolute Gasteiger partial charge is 0.491 e. The molecule has 7 heteroatoms. The van der Waals surface area contributed by atoms with Gasteiger partial charge in [0, 0.05) is 35.1 Å². The number of nitrogens with zero attached hydrogens (tertiary/aromatic N) is 1. The third kappa shape index (κ3) is 3.38. The van der Waals surface area contributed by atoms with Crippen molar-refractivity contribution >= 4 is 27.4 Å². The van der Waals surface area contributed by atoms with E-state index in [-0.39, 0.29) is 12.2 Å². The number of benzene rings is 1. The van der Waals surface area contributed by atoms with E-state index in [1.54, 1.807) is 12.3 Å². The summed E-state index contributed by atoms with van der Waals surface area (Å²) in [5.74, 6) is 0.571. The van der Waals surface area contributed by atoms with E-state index in [0.717, 1.165) is 40.9 Å². The van der Waals surface area contributed by atoms with E-state index >= 15 is 0 Å². The molecule has 4 rings (SSSR count). The van der Waals surface area contributed by atoms with Gasteiger partial charge in [0.15, 0.2) is 5.13 Å². The van der Waals surface area contributed by atoms with Crippen LogP contribution in [0.25, 0.3) is 11.0 Å². The van der Waals surface area contributed by atoms with E-state index in [9.17, 15) is 9.90 Å². The zero-order chi connectivity index (χ0) is 17.2. The lowest BCUT2D eigenvalue weighted by Crippen LogP contribution is -2.26. The van der Waals surface area contributed by atoms with Crippen LogP contribution < -0.4 is 15.7 Å². The van der Waals surface area contributed by atoms with Gasteiger partial charge in [-0.2, -0.15) is 0 Å². The molecule has 25 heavy (non-hydrogen) atoms. The molecule has 2 aromatic heterocycles. The fraction of sp³-hybridized carbons (Fsp3) is 0.333. The summed E-state index contributed by atoms with van der Waals surface area (Å²) < 4.78 is 11.1. The summed E-state index contributed by atoms with van der Waals surface area (Å²) in [4.78, 5) is 16.1. The Kier molecular flexibility index (Phi) is 4.42. The van der Waals surface area contributed by atoms with E-state index in [2.05, 4.69) is 10.3 Å². The molecule has 1 atom stereocenters. The first-order valence-electron chi connectivity index (χ1n) is 8.23. The molecule has 2 N–H and O–H groups in total. The average molecular weight is 358 g/mol. The number of fused-ring (bicyclic) bond motifs is 3. The monoisotopic (exact) mass is 358 g/mol. The number of hydrogen-bond acceptors (Lipinski definition) is 7. The maximum absolute atomic E-state index is 12.0. The topological polar surface area (TPSA) is 84.6 Å². The third-order valence-corrected chi connectivity index (χ3v) is 5.04. The van der Waals surface area contributed by atoms with E-state index < -0.39 is 6.10 Å². The molecule has 1 aromatic carbocycles. The summed E-state index contributed by atoms with van der Waals surface area (Å²) in [6.45, 7) is 0.489. The number of aliphatic hydroxyl groups is 1. The maximum atomic E-state index is 12.0. The molecule has 0 bridgehead atoms. The van der Waals surface area contributed by atoms with Crippen molar-refractivity contribution in [3.8, 4) is 5.75 Å². The van der Waals surface area contributed by atoms with Crippen molar-refractivity contribution in [3.63, 3.8) is 0 Å². The molecule has 0 fully saturated rings. The highest BCUT2D eigenvalue weighted by Crippen LogP contribution is 2.29. The first kappa shape index (κ1) is 16.1. The summed E-state index contributed by atoms with van der Waals surface area (Å²) in [7, 11) is 0. The number of anilines is 1. The van der Waals surface area contributed by atoms with Gasteiger partial charge in [-0.1, -0.05) is 0 Å². The fourth-order valence-electron chi connectivity index (χ4n) is 3.12. The molecule has 0 spiro atoms. The average Bonchev–Trinajstić information content (AvgIpc) is 3.29. The molecule has 2 heterocycles. The number of aliphatic hydroxyl groups excluding tert-OH is 1. The number of ether oxygens (including phenoxy) is 1. The van der Waals surface area contributed by atoms with Gasteiger partial charge < -0.3 is 19.6 Å². The molecule has 0 radical (unpaired) electrons. The van der Waals surface area contributed by atoms with E-state index in [1.807, 2.05) is 17.5 Å². The molecule has 0 aliphatic heterocycles. The van der Waals surface area contributed by atoms with Gasteiger partial charge in [0.2, 0.25) is 0 Å². The van der Waals surface area contributed by atoms with Gasteiger partial charge in [-0.15, -0.1) is 11.3 Å². The van der Waals surface area contributed by atoms with E-state index in [4.69, 9.17) is 9.15 Å². The maximum Gasteiger partial charge on any atom is 0.339 e. The lowest BCUT2D eigenvalue weighted by molar-refractivity contribution is 0.117. The molecule has 1 aliphatic rings. The molecule has 3 aromatic rings. The van der Waals surface area contributed by atoms with E-state index in [1.165, 1.54) is 11.3 Å². The molecule has 0 saturated heterocycles. The van der Waals surface area contributed by atoms with Gasteiger partial charge in [0.05, 0.1) is 0 Å². The highest BCUT2D eigenvalue weighted by atomic mass is 32.1. The van der Waals surface area contributed by atoms with E-state index in [0.29, 0.717) is 17.9 Å². The summed E-state index contributed by atoms with van der Waals surface area (Å²) in [5, 5.41) is 16.7. The lowest BCUT2D eigenvalue weighted by Gasteiger charge is -2.13. The first-order chi connectivity index (χ1) is 12.2. The second kappa shape index (κ2) is 6.85. The Morgan fingerprint density at radius 3 is 3.08 bits per heavy atom. The number of hydrogen-bond donors (Lipinski definition) is 2. The first-order valence-corrected chi connectivity index (χ1v) is 9.11.